The molecule has 1 aromatic carbocycles. The van der Waals surface area contributed by atoms with Gasteiger partial charge in [-0.05, 0) is 56.6 Å². The molecule has 0 aliphatic carbocycles. The molecule has 0 aliphatic rings. The maximum Gasteiger partial charge on any atom is 0.251 e. The van der Waals surface area contributed by atoms with Crippen molar-refractivity contribution in [1.29, 1.82) is 0 Å². The lowest BCUT2D eigenvalue weighted by Crippen LogP contribution is -2.36. The van der Waals surface area contributed by atoms with Gasteiger partial charge in [-0.3, -0.25) is 4.79 Å². The highest BCUT2D eigenvalue weighted by Gasteiger charge is 2.07. The molecule has 0 spiro atoms. The minimum atomic E-state index is -0.0210. The first kappa shape index (κ1) is 15.5. The molecule has 0 saturated carbocycles. The lowest BCUT2D eigenvalue weighted by molar-refractivity contribution is 0.823. The molecule has 3 N–H and O–H groups in total. The summed E-state index contributed by atoms with van der Waals surface area (Å²) in [5.74, 6) is 0. The van der Waals surface area contributed by atoms with E-state index in [-0.39, 0.29) is 5.56 Å². The Hall–Kier alpha value is -1.88. The minimum Gasteiger partial charge on any atom is -0.363 e. The van der Waals surface area contributed by atoms with Gasteiger partial charge in [0.25, 0.3) is 5.56 Å². The fourth-order valence-electron chi connectivity index (χ4n) is 2.34. The van der Waals surface area contributed by atoms with E-state index in [0.29, 0.717) is 18.1 Å². The van der Waals surface area contributed by atoms with Crippen molar-refractivity contribution in [1.82, 2.24) is 15.6 Å². The first-order valence-electron chi connectivity index (χ1n) is 7.16. The quantitative estimate of drug-likeness (QED) is 0.758. The Morgan fingerprint density at radius 2 is 1.95 bits per heavy atom. The summed E-state index contributed by atoms with van der Waals surface area (Å²) >= 11 is 5.11. The average Bonchev–Trinajstić information content (AvgIpc) is 2.44. The Morgan fingerprint density at radius 1 is 1.24 bits per heavy atom. The molecule has 2 aromatic rings. The third kappa shape index (κ3) is 3.61. The van der Waals surface area contributed by atoms with Crippen LogP contribution in [0.25, 0.3) is 10.9 Å². The number of fused-ring (bicyclic) bond motifs is 1. The first-order valence-corrected chi connectivity index (χ1v) is 7.57. The van der Waals surface area contributed by atoms with Crippen molar-refractivity contribution in [2.24, 2.45) is 0 Å². The number of aromatic nitrogens is 1. The SMILES string of the molecule is CCNC(=S)NCCc1cc2c(C)ccc(C)c2[nH]c1=O. The van der Waals surface area contributed by atoms with Crippen LogP contribution in [0, 0.1) is 13.8 Å². The zero-order valence-corrected chi connectivity index (χ0v) is 13.5. The van der Waals surface area contributed by atoms with Crippen LogP contribution in [-0.2, 0) is 6.42 Å². The fraction of sp³-hybridized carbons (Fsp3) is 0.375. The summed E-state index contributed by atoms with van der Waals surface area (Å²) in [6.45, 7) is 7.50. The van der Waals surface area contributed by atoms with Gasteiger partial charge in [0.05, 0.1) is 5.52 Å². The van der Waals surface area contributed by atoms with E-state index in [1.807, 2.05) is 26.0 Å². The predicted molar refractivity (Wildman–Crippen MR) is 92.0 cm³/mol. The number of rotatable bonds is 4. The zero-order valence-electron chi connectivity index (χ0n) is 12.7. The van der Waals surface area contributed by atoms with Gasteiger partial charge >= 0.3 is 0 Å². The van der Waals surface area contributed by atoms with E-state index in [9.17, 15) is 4.79 Å². The van der Waals surface area contributed by atoms with Crippen LogP contribution >= 0.6 is 12.2 Å². The van der Waals surface area contributed by atoms with Gasteiger partial charge in [-0.15, -0.1) is 0 Å². The van der Waals surface area contributed by atoms with Crippen LogP contribution in [-0.4, -0.2) is 23.2 Å². The van der Waals surface area contributed by atoms with Crippen molar-refractivity contribution in [3.05, 3.63) is 45.2 Å². The highest BCUT2D eigenvalue weighted by Crippen LogP contribution is 2.19. The van der Waals surface area contributed by atoms with E-state index < -0.39 is 0 Å². The monoisotopic (exact) mass is 303 g/mol. The molecular weight excluding hydrogens is 282 g/mol. The third-order valence-electron chi connectivity index (χ3n) is 3.54. The zero-order chi connectivity index (χ0) is 15.4. The molecule has 0 radical (unpaired) electrons. The van der Waals surface area contributed by atoms with Crippen molar-refractivity contribution in [3.63, 3.8) is 0 Å². The van der Waals surface area contributed by atoms with Gasteiger partial charge in [-0.2, -0.15) is 0 Å². The molecule has 1 heterocycles. The average molecular weight is 303 g/mol. The predicted octanol–water partition coefficient (Wildman–Crippen LogP) is 2.17. The van der Waals surface area contributed by atoms with E-state index in [1.54, 1.807) is 0 Å². The van der Waals surface area contributed by atoms with Crippen molar-refractivity contribution < 1.29 is 0 Å². The Balaban J connectivity index is 2.21. The second-order valence-corrected chi connectivity index (χ2v) is 5.56. The molecule has 0 bridgehead atoms. The highest BCUT2D eigenvalue weighted by molar-refractivity contribution is 7.80. The number of pyridine rings is 1. The van der Waals surface area contributed by atoms with Crippen molar-refractivity contribution in [2.45, 2.75) is 27.2 Å². The molecule has 4 nitrogen and oxygen atoms in total. The topological polar surface area (TPSA) is 56.9 Å². The second-order valence-electron chi connectivity index (χ2n) is 5.15. The summed E-state index contributed by atoms with van der Waals surface area (Å²) in [4.78, 5) is 15.2. The summed E-state index contributed by atoms with van der Waals surface area (Å²) in [5.41, 5.74) is 3.95. The van der Waals surface area contributed by atoms with Crippen LogP contribution in [0.3, 0.4) is 0 Å². The van der Waals surface area contributed by atoms with E-state index in [0.717, 1.165) is 28.6 Å². The van der Waals surface area contributed by atoms with Crippen molar-refractivity contribution in [3.8, 4) is 0 Å². The lowest BCUT2D eigenvalue weighted by atomic mass is 10.0. The summed E-state index contributed by atoms with van der Waals surface area (Å²) < 4.78 is 0. The fourth-order valence-corrected chi connectivity index (χ4v) is 2.58. The van der Waals surface area contributed by atoms with Crippen LogP contribution in [0.1, 0.15) is 23.6 Å². The van der Waals surface area contributed by atoms with Gasteiger partial charge in [-0.1, -0.05) is 12.1 Å². The highest BCUT2D eigenvalue weighted by atomic mass is 32.1. The van der Waals surface area contributed by atoms with Gasteiger partial charge in [0.15, 0.2) is 5.11 Å². The first-order chi connectivity index (χ1) is 10.0. The number of benzene rings is 1. The molecule has 0 unspecified atom stereocenters. The Bertz CT molecular complexity index is 721. The number of thiocarbonyl (C=S) groups is 1. The Morgan fingerprint density at radius 3 is 2.67 bits per heavy atom. The lowest BCUT2D eigenvalue weighted by Gasteiger charge is -2.10. The molecule has 0 fully saturated rings. The largest absolute Gasteiger partial charge is 0.363 e. The molecule has 0 aliphatic heterocycles. The molecular formula is C16H21N3OS. The summed E-state index contributed by atoms with van der Waals surface area (Å²) in [6, 6.07) is 6.11. The van der Waals surface area contributed by atoms with Gasteiger partial charge in [0.1, 0.15) is 0 Å². The molecule has 1 aromatic heterocycles. The molecule has 0 saturated heterocycles. The number of H-pyrrole nitrogens is 1. The number of nitrogens with one attached hydrogen (secondary N) is 3. The molecule has 5 heteroatoms. The maximum atomic E-state index is 12.2. The maximum absolute atomic E-state index is 12.2. The standard InChI is InChI=1S/C16H21N3OS/c1-4-17-16(21)18-8-7-12-9-13-10(2)5-6-11(3)14(13)19-15(12)20/h5-6,9H,4,7-8H2,1-3H3,(H,19,20)(H2,17,18,21). The van der Waals surface area contributed by atoms with Gasteiger partial charge in [-0.25, -0.2) is 0 Å². The van der Waals surface area contributed by atoms with E-state index in [4.69, 9.17) is 12.2 Å². The summed E-state index contributed by atoms with van der Waals surface area (Å²) in [7, 11) is 0. The van der Waals surface area contributed by atoms with Crippen LogP contribution in [0.4, 0.5) is 0 Å². The second kappa shape index (κ2) is 6.72. The van der Waals surface area contributed by atoms with Gasteiger partial charge in [0, 0.05) is 24.0 Å². The molecule has 0 atom stereocenters. The number of aromatic amines is 1. The van der Waals surface area contributed by atoms with Crippen LogP contribution in [0.5, 0.6) is 0 Å². The number of hydrogen-bond acceptors (Lipinski definition) is 2. The molecule has 0 amide bonds. The third-order valence-corrected chi connectivity index (χ3v) is 3.83. The van der Waals surface area contributed by atoms with E-state index >= 15 is 0 Å². The molecule has 21 heavy (non-hydrogen) atoms. The smallest absolute Gasteiger partial charge is 0.251 e. The van der Waals surface area contributed by atoms with Crippen LogP contribution in [0.15, 0.2) is 23.0 Å². The number of aryl methyl sites for hydroxylation is 2. The van der Waals surface area contributed by atoms with E-state index in [1.165, 1.54) is 5.56 Å². The van der Waals surface area contributed by atoms with Gasteiger partial charge in [0.2, 0.25) is 0 Å². The van der Waals surface area contributed by atoms with E-state index in [2.05, 4.69) is 28.6 Å². The van der Waals surface area contributed by atoms with Gasteiger partial charge < -0.3 is 15.6 Å². The molecule has 112 valence electrons. The normalized spacial score (nSPS) is 10.6. The molecule has 2 rings (SSSR count). The summed E-state index contributed by atoms with van der Waals surface area (Å²) in [5, 5.41) is 7.86. The Labute approximate surface area is 130 Å². The minimum absolute atomic E-state index is 0.0210. The Kier molecular flexibility index (Phi) is 4.96. The van der Waals surface area contributed by atoms with Crippen molar-refractivity contribution in [2.75, 3.05) is 13.1 Å². The van der Waals surface area contributed by atoms with Crippen LogP contribution in [0.2, 0.25) is 0 Å². The van der Waals surface area contributed by atoms with Crippen LogP contribution < -0.4 is 16.2 Å². The number of hydrogen-bond donors (Lipinski definition) is 3. The summed E-state index contributed by atoms with van der Waals surface area (Å²) in [6.07, 6.45) is 0.643. The van der Waals surface area contributed by atoms with Crippen molar-refractivity contribution >= 4 is 28.2 Å².